The molecule has 142 valence electrons. The van der Waals surface area contributed by atoms with Crippen molar-refractivity contribution in [2.75, 3.05) is 5.32 Å². The van der Waals surface area contributed by atoms with Gasteiger partial charge in [0, 0.05) is 22.9 Å². The Morgan fingerprint density at radius 3 is 2.42 bits per heavy atom. The number of carbonyl (C=O) groups is 2. The van der Waals surface area contributed by atoms with Gasteiger partial charge in [-0.25, -0.2) is 5.43 Å². The highest BCUT2D eigenvalue weighted by Gasteiger charge is 2.21. The van der Waals surface area contributed by atoms with Crippen LogP contribution >= 0.6 is 0 Å². The van der Waals surface area contributed by atoms with E-state index in [2.05, 4.69) is 22.8 Å². The number of hydrogen-bond donors (Lipinski definition) is 2. The van der Waals surface area contributed by atoms with Crippen LogP contribution in [-0.4, -0.2) is 17.5 Å². The molecule has 0 bridgehead atoms. The van der Waals surface area contributed by atoms with Gasteiger partial charge in [0.2, 0.25) is 5.91 Å². The van der Waals surface area contributed by atoms with Crippen LogP contribution in [0.4, 0.5) is 5.69 Å². The first-order valence-corrected chi connectivity index (χ1v) is 9.84. The summed E-state index contributed by atoms with van der Waals surface area (Å²) in [6, 6.07) is 6.97. The molecule has 0 aromatic heterocycles. The van der Waals surface area contributed by atoms with Crippen LogP contribution in [0.1, 0.15) is 82.0 Å². The van der Waals surface area contributed by atoms with Gasteiger partial charge in [-0.15, -0.1) is 0 Å². The summed E-state index contributed by atoms with van der Waals surface area (Å²) in [6.45, 7) is 4.09. The quantitative estimate of drug-likeness (QED) is 0.395. The lowest BCUT2D eigenvalue weighted by Crippen LogP contribution is -2.24. The minimum atomic E-state index is -0.231. The number of nitrogens with one attached hydrogen (secondary N) is 2. The summed E-state index contributed by atoms with van der Waals surface area (Å²) < 4.78 is 0. The zero-order valence-electron chi connectivity index (χ0n) is 16.0. The molecule has 1 aromatic carbocycles. The van der Waals surface area contributed by atoms with Crippen molar-refractivity contribution >= 4 is 23.2 Å². The van der Waals surface area contributed by atoms with E-state index in [9.17, 15) is 9.59 Å². The Morgan fingerprint density at radius 1 is 1.08 bits per heavy atom. The van der Waals surface area contributed by atoms with Gasteiger partial charge in [0.25, 0.3) is 5.91 Å². The third-order valence-corrected chi connectivity index (χ3v) is 4.88. The van der Waals surface area contributed by atoms with E-state index in [4.69, 9.17) is 0 Å². The molecule has 5 heteroatoms. The number of nitrogens with zero attached hydrogens (tertiary/aromatic N) is 1. The molecule has 0 spiro atoms. The number of rotatable bonds is 8. The van der Waals surface area contributed by atoms with Crippen LogP contribution in [0, 0.1) is 5.92 Å². The normalized spacial score (nSPS) is 15.5. The molecule has 1 aliphatic rings. The molecule has 0 heterocycles. The molecule has 2 amide bonds. The molecule has 1 saturated carbocycles. The first-order valence-electron chi connectivity index (χ1n) is 9.84. The molecule has 26 heavy (non-hydrogen) atoms. The summed E-state index contributed by atoms with van der Waals surface area (Å²) in [5.41, 5.74) is 4.80. The molecule has 5 nitrogen and oxygen atoms in total. The second kappa shape index (κ2) is 10.7. The maximum Gasteiger partial charge on any atom is 0.271 e. The van der Waals surface area contributed by atoms with E-state index < -0.39 is 0 Å². The zero-order chi connectivity index (χ0) is 18.8. The maximum absolute atomic E-state index is 12.3. The predicted molar refractivity (Wildman–Crippen MR) is 106 cm³/mol. The van der Waals surface area contributed by atoms with Crippen molar-refractivity contribution in [3.8, 4) is 0 Å². The summed E-state index contributed by atoms with van der Waals surface area (Å²) in [7, 11) is 0. The van der Waals surface area contributed by atoms with Crippen molar-refractivity contribution in [1.82, 2.24) is 5.43 Å². The predicted octanol–water partition coefficient (Wildman–Crippen LogP) is 4.89. The first kappa shape index (κ1) is 20.1. The highest BCUT2D eigenvalue weighted by Crippen LogP contribution is 2.25. The fourth-order valence-corrected chi connectivity index (χ4v) is 3.21. The van der Waals surface area contributed by atoms with Gasteiger partial charge in [0.05, 0.1) is 0 Å². The van der Waals surface area contributed by atoms with Gasteiger partial charge in [-0.1, -0.05) is 39.0 Å². The fraction of sp³-hybridized carbons (Fsp3) is 0.571. The number of benzene rings is 1. The van der Waals surface area contributed by atoms with Crippen molar-refractivity contribution in [3.63, 3.8) is 0 Å². The molecule has 0 saturated heterocycles. The van der Waals surface area contributed by atoms with E-state index in [0.29, 0.717) is 5.56 Å². The third kappa shape index (κ3) is 6.62. The van der Waals surface area contributed by atoms with Crippen molar-refractivity contribution in [1.29, 1.82) is 0 Å². The Morgan fingerprint density at radius 2 is 1.77 bits per heavy atom. The van der Waals surface area contributed by atoms with E-state index in [0.717, 1.165) is 49.9 Å². The van der Waals surface area contributed by atoms with E-state index in [-0.39, 0.29) is 17.7 Å². The number of amides is 2. The molecule has 0 radical (unpaired) electrons. The monoisotopic (exact) mass is 357 g/mol. The molecule has 0 atom stereocenters. The Kier molecular flexibility index (Phi) is 8.32. The number of hydrogen-bond acceptors (Lipinski definition) is 3. The third-order valence-electron chi connectivity index (χ3n) is 4.88. The van der Waals surface area contributed by atoms with Gasteiger partial charge in [0.15, 0.2) is 0 Å². The van der Waals surface area contributed by atoms with E-state index >= 15 is 0 Å². The minimum Gasteiger partial charge on any atom is -0.326 e. The van der Waals surface area contributed by atoms with Gasteiger partial charge in [0.1, 0.15) is 0 Å². The average molecular weight is 357 g/mol. The number of hydrazone groups is 1. The SMILES string of the molecule is CCCCC/C(C)=N/NC(=O)c1ccc(NC(=O)C2CCCCC2)cc1. The standard InChI is InChI=1S/C21H31N3O2/c1-3-4-6-9-16(2)23-24-21(26)18-12-14-19(15-13-18)22-20(25)17-10-7-5-8-11-17/h12-15,17H,3-11H2,1-2H3,(H,22,25)(H,24,26)/b23-16+. The minimum absolute atomic E-state index is 0.0919. The fourth-order valence-electron chi connectivity index (χ4n) is 3.21. The van der Waals surface area contributed by atoms with Crippen molar-refractivity contribution in [3.05, 3.63) is 29.8 Å². The van der Waals surface area contributed by atoms with Crippen LogP contribution in [0.2, 0.25) is 0 Å². The largest absolute Gasteiger partial charge is 0.326 e. The molecular formula is C21H31N3O2. The molecule has 0 unspecified atom stereocenters. The van der Waals surface area contributed by atoms with Crippen LogP contribution in [-0.2, 0) is 4.79 Å². The lowest BCUT2D eigenvalue weighted by Gasteiger charge is -2.20. The molecule has 1 fully saturated rings. The lowest BCUT2D eigenvalue weighted by atomic mass is 9.88. The van der Waals surface area contributed by atoms with Gasteiger partial charge in [-0.05, 0) is 56.9 Å². The Bertz CT molecular complexity index is 617. The zero-order valence-corrected chi connectivity index (χ0v) is 16.0. The maximum atomic E-state index is 12.3. The van der Waals surface area contributed by atoms with Crippen LogP contribution in [0.25, 0.3) is 0 Å². The lowest BCUT2D eigenvalue weighted by molar-refractivity contribution is -0.120. The number of carbonyl (C=O) groups excluding carboxylic acids is 2. The summed E-state index contributed by atoms with van der Waals surface area (Å²) >= 11 is 0. The molecule has 2 N–H and O–H groups in total. The molecule has 2 rings (SSSR count). The topological polar surface area (TPSA) is 70.6 Å². The summed E-state index contributed by atoms with van der Waals surface area (Å²) in [5.74, 6) is -0.0176. The number of anilines is 1. The van der Waals surface area contributed by atoms with Gasteiger partial charge in [-0.3, -0.25) is 9.59 Å². The van der Waals surface area contributed by atoms with Crippen LogP contribution in [0.5, 0.6) is 0 Å². The smallest absolute Gasteiger partial charge is 0.271 e. The van der Waals surface area contributed by atoms with Gasteiger partial charge >= 0.3 is 0 Å². The highest BCUT2D eigenvalue weighted by molar-refractivity contribution is 5.97. The summed E-state index contributed by atoms with van der Waals surface area (Å²) in [6.07, 6.45) is 9.79. The van der Waals surface area contributed by atoms with Crippen molar-refractivity contribution in [2.24, 2.45) is 11.0 Å². The summed E-state index contributed by atoms with van der Waals surface area (Å²) in [5, 5.41) is 7.11. The summed E-state index contributed by atoms with van der Waals surface area (Å²) in [4.78, 5) is 24.4. The van der Waals surface area contributed by atoms with Crippen LogP contribution < -0.4 is 10.7 Å². The highest BCUT2D eigenvalue weighted by atomic mass is 16.2. The van der Waals surface area contributed by atoms with Crippen molar-refractivity contribution in [2.45, 2.75) is 71.6 Å². The Hall–Kier alpha value is -2.17. The first-order chi connectivity index (χ1) is 12.6. The number of unbranched alkanes of at least 4 members (excludes halogenated alkanes) is 2. The Balaban J connectivity index is 1.83. The van der Waals surface area contributed by atoms with E-state index in [1.54, 1.807) is 24.3 Å². The molecule has 1 aliphatic carbocycles. The van der Waals surface area contributed by atoms with E-state index in [1.165, 1.54) is 19.3 Å². The second-order valence-corrected chi connectivity index (χ2v) is 7.15. The molecule has 0 aliphatic heterocycles. The van der Waals surface area contributed by atoms with Crippen LogP contribution in [0.3, 0.4) is 0 Å². The van der Waals surface area contributed by atoms with E-state index in [1.807, 2.05) is 6.92 Å². The van der Waals surface area contributed by atoms with Gasteiger partial charge < -0.3 is 5.32 Å². The van der Waals surface area contributed by atoms with Crippen LogP contribution in [0.15, 0.2) is 29.4 Å². The molecular weight excluding hydrogens is 326 g/mol. The average Bonchev–Trinajstić information content (AvgIpc) is 2.67. The second-order valence-electron chi connectivity index (χ2n) is 7.15. The molecule has 1 aromatic rings. The Labute approximate surface area is 156 Å². The van der Waals surface area contributed by atoms with Gasteiger partial charge in [-0.2, -0.15) is 5.10 Å². The van der Waals surface area contributed by atoms with Crippen molar-refractivity contribution < 1.29 is 9.59 Å².